The first-order valence-electron chi connectivity index (χ1n) is 10.0. The van der Waals surface area contributed by atoms with E-state index in [1.807, 2.05) is 0 Å². The molecule has 2 aliphatic heterocycles. The average molecular weight is 367 g/mol. The van der Waals surface area contributed by atoms with Crippen LogP contribution in [0.15, 0.2) is 0 Å². The monoisotopic (exact) mass is 366 g/mol. The first-order valence-corrected chi connectivity index (χ1v) is 11.0. The maximum absolute atomic E-state index is 13.0. The predicted octanol–water partition coefficient (Wildman–Crippen LogP) is 4.26. The molecule has 140 valence electrons. The van der Waals surface area contributed by atoms with Crippen LogP contribution in [0.3, 0.4) is 0 Å². The molecule has 2 saturated carbocycles. The van der Waals surface area contributed by atoms with Crippen LogP contribution in [0.2, 0.25) is 0 Å². The highest BCUT2D eigenvalue weighted by Crippen LogP contribution is 2.63. The predicted molar refractivity (Wildman–Crippen MR) is 97.4 cm³/mol. The zero-order chi connectivity index (χ0) is 17.8. The van der Waals surface area contributed by atoms with Gasteiger partial charge in [0.15, 0.2) is 5.41 Å². The van der Waals surface area contributed by atoms with Crippen molar-refractivity contribution >= 4 is 23.7 Å². The van der Waals surface area contributed by atoms with E-state index < -0.39 is 23.0 Å². The zero-order valence-corrected chi connectivity index (χ0v) is 16.1. The van der Waals surface area contributed by atoms with Gasteiger partial charge in [-0.25, -0.2) is 0 Å². The Morgan fingerprint density at radius 1 is 1.20 bits per heavy atom. The van der Waals surface area contributed by atoms with Crippen LogP contribution < -0.4 is 0 Å². The van der Waals surface area contributed by atoms with Gasteiger partial charge in [-0.3, -0.25) is 9.59 Å². The fourth-order valence-electron chi connectivity index (χ4n) is 6.10. The number of carboxylic acids is 1. The van der Waals surface area contributed by atoms with E-state index in [0.717, 1.165) is 42.8 Å². The van der Waals surface area contributed by atoms with Crippen LogP contribution in [0.4, 0.5) is 0 Å². The third-order valence-electron chi connectivity index (χ3n) is 7.81. The van der Waals surface area contributed by atoms with Crippen LogP contribution >= 0.6 is 11.8 Å². The minimum Gasteiger partial charge on any atom is -0.480 e. The Kier molecular flexibility index (Phi) is 4.37. The molecule has 4 aliphatic rings. The van der Waals surface area contributed by atoms with Crippen molar-refractivity contribution in [2.45, 2.75) is 87.7 Å². The van der Waals surface area contributed by atoms with Crippen molar-refractivity contribution in [1.82, 2.24) is 0 Å². The number of fused-ring (bicyclic) bond motifs is 5. The lowest BCUT2D eigenvalue weighted by Gasteiger charge is -2.42. The summed E-state index contributed by atoms with van der Waals surface area (Å²) in [4.78, 5) is 24.8. The van der Waals surface area contributed by atoms with Gasteiger partial charge in [-0.15, -0.1) is 0 Å². The number of thioether (sulfide) groups is 1. The van der Waals surface area contributed by atoms with Crippen LogP contribution in [0.1, 0.15) is 71.6 Å². The molecule has 0 aromatic heterocycles. The van der Waals surface area contributed by atoms with E-state index in [2.05, 4.69) is 25.6 Å². The molecule has 0 aromatic carbocycles. The van der Waals surface area contributed by atoms with Gasteiger partial charge in [0, 0.05) is 16.4 Å². The summed E-state index contributed by atoms with van der Waals surface area (Å²) in [5.74, 6) is 0.578. The molecule has 1 N–H and O–H groups in total. The van der Waals surface area contributed by atoms with Crippen LogP contribution in [0, 0.1) is 23.2 Å². The molecule has 4 fully saturated rings. The van der Waals surface area contributed by atoms with Gasteiger partial charge in [0.1, 0.15) is 5.60 Å². The summed E-state index contributed by atoms with van der Waals surface area (Å²) in [5, 5.41) is 11.0. The van der Waals surface area contributed by atoms with Gasteiger partial charge < -0.3 is 9.84 Å². The second-order valence-corrected chi connectivity index (χ2v) is 10.3. The minimum absolute atomic E-state index is 0.378. The van der Waals surface area contributed by atoms with Gasteiger partial charge in [-0.1, -0.05) is 26.2 Å². The average Bonchev–Trinajstić information content (AvgIpc) is 3.35. The third-order valence-corrected chi connectivity index (χ3v) is 9.69. The molecule has 4 nitrogen and oxygen atoms in total. The summed E-state index contributed by atoms with van der Waals surface area (Å²) >= 11 is 2.13. The Bertz CT molecular complexity index is 570. The Morgan fingerprint density at radius 3 is 2.52 bits per heavy atom. The minimum atomic E-state index is -1.29. The number of hydrogen-bond donors (Lipinski definition) is 1. The molecular formula is C20H30O4S. The standard InChI is InChI=1S/C20H30O4S/c1-3-19(2,24-18(23)20(17(21)22)9-4-5-10-20)14-11-15-12-7-6-8-13(12)16(14)25-15/h12-16H,3-11H2,1-2H3,(H,21,22). The molecule has 6 unspecified atom stereocenters. The van der Waals surface area contributed by atoms with E-state index in [-0.39, 0.29) is 0 Å². The maximum atomic E-state index is 13.0. The van der Waals surface area contributed by atoms with Crippen molar-refractivity contribution in [3.05, 3.63) is 0 Å². The van der Waals surface area contributed by atoms with Gasteiger partial charge in [0.05, 0.1) is 0 Å². The molecular weight excluding hydrogens is 336 g/mol. The Hall–Kier alpha value is -0.710. The molecule has 0 spiro atoms. The quantitative estimate of drug-likeness (QED) is 0.582. The first kappa shape index (κ1) is 17.7. The lowest BCUT2D eigenvalue weighted by atomic mass is 9.69. The van der Waals surface area contributed by atoms with E-state index in [0.29, 0.717) is 24.0 Å². The molecule has 2 bridgehead atoms. The highest BCUT2D eigenvalue weighted by Gasteiger charge is 2.60. The van der Waals surface area contributed by atoms with Crippen LogP contribution in [-0.4, -0.2) is 33.1 Å². The second kappa shape index (κ2) is 6.17. The Morgan fingerprint density at radius 2 is 1.88 bits per heavy atom. The van der Waals surface area contributed by atoms with E-state index in [4.69, 9.17) is 4.74 Å². The van der Waals surface area contributed by atoms with E-state index in [1.165, 1.54) is 19.3 Å². The first-order chi connectivity index (χ1) is 11.9. The topological polar surface area (TPSA) is 63.6 Å². The smallest absolute Gasteiger partial charge is 0.324 e. The van der Waals surface area contributed by atoms with Crippen LogP contribution in [0.25, 0.3) is 0 Å². The highest BCUT2D eigenvalue weighted by atomic mass is 32.2. The van der Waals surface area contributed by atoms with Gasteiger partial charge in [-0.05, 0) is 57.3 Å². The fraction of sp³-hybridized carbons (Fsp3) is 0.900. The molecule has 25 heavy (non-hydrogen) atoms. The van der Waals surface area contributed by atoms with Gasteiger partial charge in [0.2, 0.25) is 0 Å². The van der Waals surface area contributed by atoms with Gasteiger partial charge in [0.25, 0.3) is 0 Å². The largest absolute Gasteiger partial charge is 0.480 e. The number of aliphatic carboxylic acids is 1. The number of rotatable bonds is 5. The molecule has 4 rings (SSSR count). The van der Waals surface area contributed by atoms with Crippen molar-refractivity contribution in [2.24, 2.45) is 23.2 Å². The van der Waals surface area contributed by atoms with Crippen LogP contribution in [0.5, 0.6) is 0 Å². The van der Waals surface area contributed by atoms with Crippen LogP contribution in [-0.2, 0) is 14.3 Å². The number of carbonyl (C=O) groups is 2. The third kappa shape index (κ3) is 2.55. The summed E-state index contributed by atoms with van der Waals surface area (Å²) in [5.41, 5.74) is -1.82. The summed E-state index contributed by atoms with van der Waals surface area (Å²) in [7, 11) is 0. The number of carboxylic acid groups (broad SMARTS) is 1. The molecule has 2 aliphatic carbocycles. The lowest BCUT2D eigenvalue weighted by Crippen LogP contribution is -2.50. The van der Waals surface area contributed by atoms with E-state index in [9.17, 15) is 14.7 Å². The lowest BCUT2D eigenvalue weighted by molar-refractivity contribution is -0.184. The van der Waals surface area contributed by atoms with Crippen molar-refractivity contribution in [1.29, 1.82) is 0 Å². The molecule has 0 radical (unpaired) electrons. The van der Waals surface area contributed by atoms with Crippen molar-refractivity contribution in [2.75, 3.05) is 0 Å². The normalized spacial score (nSPS) is 40.6. The van der Waals surface area contributed by atoms with E-state index >= 15 is 0 Å². The molecule has 2 heterocycles. The van der Waals surface area contributed by atoms with Gasteiger partial charge >= 0.3 is 11.9 Å². The summed E-state index contributed by atoms with van der Waals surface area (Å²) in [6.07, 6.45) is 8.40. The maximum Gasteiger partial charge on any atom is 0.324 e. The molecule has 0 aromatic rings. The Labute approximate surface area is 154 Å². The summed E-state index contributed by atoms with van der Waals surface area (Å²) in [6, 6.07) is 0. The second-order valence-electron chi connectivity index (χ2n) is 8.89. The number of ether oxygens (including phenoxy) is 1. The SMILES string of the molecule is CCC(C)(OC(=O)C1(C(=O)O)CCCC1)C1CC2SC1C1CCCC21. The zero-order valence-electron chi connectivity index (χ0n) is 15.3. The molecule has 6 atom stereocenters. The number of esters is 1. The van der Waals surface area contributed by atoms with E-state index in [1.54, 1.807) is 0 Å². The molecule has 5 heteroatoms. The van der Waals surface area contributed by atoms with Crippen molar-refractivity contribution < 1.29 is 19.4 Å². The molecule has 0 amide bonds. The van der Waals surface area contributed by atoms with Crippen molar-refractivity contribution in [3.8, 4) is 0 Å². The molecule has 2 saturated heterocycles. The Balaban J connectivity index is 1.53. The number of hydrogen-bond acceptors (Lipinski definition) is 4. The van der Waals surface area contributed by atoms with Gasteiger partial charge in [-0.2, -0.15) is 11.8 Å². The summed E-state index contributed by atoms with van der Waals surface area (Å²) in [6.45, 7) is 4.14. The van der Waals surface area contributed by atoms with Crippen molar-refractivity contribution in [3.63, 3.8) is 0 Å². The summed E-state index contributed by atoms with van der Waals surface area (Å²) < 4.78 is 6.09. The highest BCUT2D eigenvalue weighted by molar-refractivity contribution is 8.01. The number of carbonyl (C=O) groups excluding carboxylic acids is 1. The fourth-order valence-corrected chi connectivity index (χ4v) is 8.49.